The van der Waals surface area contributed by atoms with Gasteiger partial charge in [0.2, 0.25) is 5.90 Å². The molecule has 5 heteroatoms. The van der Waals surface area contributed by atoms with Gasteiger partial charge in [-0.2, -0.15) is 0 Å². The highest BCUT2D eigenvalue weighted by Crippen LogP contribution is 2.28. The third-order valence-corrected chi connectivity index (χ3v) is 2.94. The summed E-state index contributed by atoms with van der Waals surface area (Å²) in [6, 6.07) is 5.36. The van der Waals surface area contributed by atoms with Crippen molar-refractivity contribution in [3.8, 4) is 11.5 Å². The third kappa shape index (κ3) is 3.42. The molecule has 1 aliphatic rings. The normalized spacial score (nSPS) is 16.7. The van der Waals surface area contributed by atoms with E-state index in [-0.39, 0.29) is 11.1 Å². The first-order valence-corrected chi connectivity index (χ1v) is 6.59. The van der Waals surface area contributed by atoms with Gasteiger partial charge in [0.1, 0.15) is 11.5 Å². The summed E-state index contributed by atoms with van der Waals surface area (Å²) >= 11 is 0. The van der Waals surface area contributed by atoms with Crippen molar-refractivity contribution >= 4 is 17.9 Å². The Hall–Kier alpha value is -2.30. The van der Waals surface area contributed by atoms with E-state index in [1.54, 1.807) is 38.5 Å². The molecule has 0 N–H and O–H groups in total. The molecule has 1 aromatic carbocycles. The van der Waals surface area contributed by atoms with E-state index in [0.29, 0.717) is 17.4 Å². The molecule has 0 unspecified atom stereocenters. The van der Waals surface area contributed by atoms with Crippen molar-refractivity contribution in [1.29, 1.82) is 0 Å². The first-order valence-electron chi connectivity index (χ1n) is 6.59. The molecule has 0 aliphatic carbocycles. The standard InChI is InChI=1S/C16H19NO4/c1-16(2,3)15-17-13(14(18)21-15)8-10-6-11(19-4)9-12(7-10)20-5/h6-9H,1-5H3/b13-8-. The molecule has 1 aliphatic heterocycles. The van der Waals surface area contributed by atoms with E-state index in [1.165, 1.54) is 0 Å². The van der Waals surface area contributed by atoms with E-state index < -0.39 is 5.97 Å². The maximum Gasteiger partial charge on any atom is 0.363 e. The zero-order valence-electron chi connectivity index (χ0n) is 12.9. The lowest BCUT2D eigenvalue weighted by atomic mass is 9.97. The average molecular weight is 289 g/mol. The smallest absolute Gasteiger partial charge is 0.363 e. The van der Waals surface area contributed by atoms with Crippen LogP contribution in [0, 0.1) is 5.41 Å². The second kappa shape index (κ2) is 5.60. The van der Waals surface area contributed by atoms with Gasteiger partial charge in [-0.3, -0.25) is 0 Å². The van der Waals surface area contributed by atoms with Crippen LogP contribution in [-0.2, 0) is 9.53 Å². The van der Waals surface area contributed by atoms with Crippen LogP contribution in [0.15, 0.2) is 28.9 Å². The number of ether oxygens (including phenoxy) is 3. The summed E-state index contributed by atoms with van der Waals surface area (Å²) in [4.78, 5) is 16.1. The number of rotatable bonds is 3. The minimum atomic E-state index is -0.443. The highest BCUT2D eigenvalue weighted by atomic mass is 16.6. The fraction of sp³-hybridized carbons (Fsp3) is 0.375. The van der Waals surface area contributed by atoms with Gasteiger partial charge in [-0.25, -0.2) is 9.79 Å². The summed E-state index contributed by atoms with van der Waals surface area (Å²) in [5.41, 5.74) is 0.726. The largest absolute Gasteiger partial charge is 0.497 e. The van der Waals surface area contributed by atoms with Gasteiger partial charge < -0.3 is 14.2 Å². The molecule has 0 saturated heterocycles. The maximum absolute atomic E-state index is 11.9. The fourth-order valence-corrected chi connectivity index (χ4v) is 1.80. The van der Waals surface area contributed by atoms with Gasteiger partial charge in [0.05, 0.1) is 14.2 Å². The van der Waals surface area contributed by atoms with Gasteiger partial charge in [-0.05, 0) is 23.8 Å². The maximum atomic E-state index is 11.9. The lowest BCUT2D eigenvalue weighted by Crippen LogP contribution is -2.21. The van der Waals surface area contributed by atoms with E-state index in [1.807, 2.05) is 20.8 Å². The van der Waals surface area contributed by atoms with Crippen molar-refractivity contribution in [2.24, 2.45) is 10.4 Å². The number of esters is 1. The number of cyclic esters (lactones) is 1. The number of carbonyl (C=O) groups excluding carboxylic acids is 1. The van der Waals surface area contributed by atoms with Gasteiger partial charge in [0.25, 0.3) is 0 Å². The van der Waals surface area contributed by atoms with Crippen molar-refractivity contribution < 1.29 is 19.0 Å². The van der Waals surface area contributed by atoms with Crippen LogP contribution in [0.4, 0.5) is 0 Å². The number of methoxy groups -OCH3 is 2. The summed E-state index contributed by atoms with van der Waals surface area (Å²) in [5.74, 6) is 1.27. The van der Waals surface area contributed by atoms with E-state index in [9.17, 15) is 4.79 Å². The molecule has 5 nitrogen and oxygen atoms in total. The van der Waals surface area contributed by atoms with Crippen LogP contribution in [0.1, 0.15) is 26.3 Å². The summed E-state index contributed by atoms with van der Waals surface area (Å²) < 4.78 is 15.6. The quantitative estimate of drug-likeness (QED) is 0.634. The second-order valence-electron chi connectivity index (χ2n) is 5.73. The van der Waals surface area contributed by atoms with Crippen LogP contribution in [0.25, 0.3) is 6.08 Å². The zero-order chi connectivity index (χ0) is 15.6. The molecule has 0 fully saturated rings. The number of aliphatic imine (C=N–C) groups is 1. The minimum Gasteiger partial charge on any atom is -0.497 e. The Kier molecular flexibility index (Phi) is 4.02. The Bertz CT molecular complexity index is 601. The monoisotopic (exact) mass is 289 g/mol. The molecule has 1 aromatic rings. The molecular weight excluding hydrogens is 270 g/mol. The Morgan fingerprint density at radius 3 is 2.10 bits per heavy atom. The fourth-order valence-electron chi connectivity index (χ4n) is 1.80. The van der Waals surface area contributed by atoms with Crippen molar-refractivity contribution in [2.45, 2.75) is 20.8 Å². The number of hydrogen-bond donors (Lipinski definition) is 0. The first-order chi connectivity index (χ1) is 9.83. The average Bonchev–Trinajstić information content (AvgIpc) is 2.79. The molecule has 0 saturated carbocycles. The molecule has 0 radical (unpaired) electrons. The molecule has 2 rings (SSSR count). The summed E-state index contributed by atoms with van der Waals surface area (Å²) in [5, 5.41) is 0. The van der Waals surface area contributed by atoms with Crippen molar-refractivity contribution in [1.82, 2.24) is 0 Å². The Labute approximate surface area is 124 Å². The molecule has 0 amide bonds. The molecule has 1 heterocycles. The van der Waals surface area contributed by atoms with Crippen LogP contribution in [0.3, 0.4) is 0 Å². The summed E-state index contributed by atoms with van der Waals surface area (Å²) in [6.45, 7) is 5.82. The predicted octanol–water partition coefficient (Wildman–Crippen LogP) is 3.05. The van der Waals surface area contributed by atoms with Gasteiger partial charge in [-0.1, -0.05) is 20.8 Å². The van der Waals surface area contributed by atoms with Crippen LogP contribution in [0.5, 0.6) is 11.5 Å². The van der Waals surface area contributed by atoms with E-state index >= 15 is 0 Å². The van der Waals surface area contributed by atoms with E-state index in [4.69, 9.17) is 14.2 Å². The highest BCUT2D eigenvalue weighted by molar-refractivity contribution is 6.08. The molecular formula is C16H19NO4. The van der Waals surface area contributed by atoms with Crippen LogP contribution in [0.2, 0.25) is 0 Å². The van der Waals surface area contributed by atoms with Crippen LogP contribution >= 0.6 is 0 Å². The topological polar surface area (TPSA) is 57.1 Å². The lowest BCUT2D eigenvalue weighted by molar-refractivity contribution is -0.130. The first kappa shape index (κ1) is 15.1. The van der Waals surface area contributed by atoms with Crippen LogP contribution < -0.4 is 9.47 Å². The molecule has 0 bridgehead atoms. The SMILES string of the molecule is COc1cc(/C=C2\N=C(C(C)(C)C)OC2=O)cc(OC)c1. The van der Waals surface area contributed by atoms with Crippen LogP contribution in [-0.4, -0.2) is 26.1 Å². The van der Waals surface area contributed by atoms with E-state index in [0.717, 1.165) is 5.56 Å². The van der Waals surface area contributed by atoms with Crippen molar-refractivity contribution in [2.75, 3.05) is 14.2 Å². The zero-order valence-corrected chi connectivity index (χ0v) is 12.9. The van der Waals surface area contributed by atoms with Gasteiger partial charge in [-0.15, -0.1) is 0 Å². The lowest BCUT2D eigenvalue weighted by Gasteiger charge is -2.15. The molecule has 21 heavy (non-hydrogen) atoms. The highest BCUT2D eigenvalue weighted by Gasteiger charge is 2.31. The third-order valence-electron chi connectivity index (χ3n) is 2.94. The molecule has 112 valence electrons. The van der Waals surface area contributed by atoms with Crippen molar-refractivity contribution in [3.05, 3.63) is 29.5 Å². The summed E-state index contributed by atoms with van der Waals surface area (Å²) in [7, 11) is 3.15. The predicted molar refractivity (Wildman–Crippen MR) is 80.5 cm³/mol. The van der Waals surface area contributed by atoms with Crippen molar-refractivity contribution in [3.63, 3.8) is 0 Å². The number of nitrogens with zero attached hydrogens (tertiary/aromatic N) is 1. The van der Waals surface area contributed by atoms with Gasteiger partial charge in [0, 0.05) is 11.5 Å². The number of benzene rings is 1. The number of hydrogen-bond acceptors (Lipinski definition) is 5. The van der Waals surface area contributed by atoms with E-state index in [2.05, 4.69) is 4.99 Å². The van der Waals surface area contributed by atoms with Gasteiger partial charge in [0.15, 0.2) is 5.70 Å². The molecule has 0 aromatic heterocycles. The second-order valence-corrected chi connectivity index (χ2v) is 5.73. The minimum absolute atomic E-state index is 0.273. The molecule has 0 spiro atoms. The Balaban J connectivity index is 2.40. The number of carbonyl (C=O) groups is 1. The molecule has 0 atom stereocenters. The Morgan fingerprint density at radius 1 is 1.10 bits per heavy atom. The van der Waals surface area contributed by atoms with Gasteiger partial charge >= 0.3 is 5.97 Å². The Morgan fingerprint density at radius 2 is 1.67 bits per heavy atom. The summed E-state index contributed by atoms with van der Waals surface area (Å²) in [6.07, 6.45) is 1.66.